The lowest BCUT2D eigenvalue weighted by Gasteiger charge is -2.20. The number of nitrogens with one attached hydrogen (secondary N) is 1. The number of halogens is 1. The number of hydrogen-bond donors (Lipinski definition) is 1. The molecular weight excluding hydrogens is 296 g/mol. The van der Waals surface area contributed by atoms with Gasteiger partial charge in [-0.05, 0) is 30.3 Å². The molecule has 2 rings (SSSR count). The first-order valence-electron chi connectivity index (χ1n) is 7.49. The maximum absolute atomic E-state index is 12.0. The molecule has 0 atom stereocenters. The van der Waals surface area contributed by atoms with Crippen LogP contribution < -0.4 is 5.32 Å². The van der Waals surface area contributed by atoms with Gasteiger partial charge in [0.1, 0.15) is 0 Å². The quantitative estimate of drug-likeness (QED) is 0.830. The Morgan fingerprint density at radius 2 is 1.91 bits per heavy atom. The van der Waals surface area contributed by atoms with E-state index in [0.29, 0.717) is 11.4 Å². The molecule has 2 aromatic carbocycles. The highest BCUT2D eigenvalue weighted by Gasteiger charge is 2.08. The molecule has 0 saturated heterocycles. The van der Waals surface area contributed by atoms with Crippen molar-refractivity contribution in [1.29, 1.82) is 0 Å². The van der Waals surface area contributed by atoms with Gasteiger partial charge in [0.15, 0.2) is 0 Å². The second kappa shape index (κ2) is 8.57. The third kappa shape index (κ3) is 5.51. The van der Waals surface area contributed by atoms with Crippen LogP contribution in [-0.2, 0) is 11.3 Å². The molecule has 116 valence electrons. The molecule has 0 bridgehead atoms. The molecule has 1 amide bonds. The largest absolute Gasteiger partial charge is 0.326 e. The Morgan fingerprint density at radius 3 is 2.59 bits per heavy atom. The van der Waals surface area contributed by atoms with Crippen LogP contribution in [0.4, 0.5) is 5.69 Å². The highest BCUT2D eigenvalue weighted by Crippen LogP contribution is 2.15. The van der Waals surface area contributed by atoms with E-state index in [1.165, 1.54) is 5.56 Å². The van der Waals surface area contributed by atoms with Gasteiger partial charge < -0.3 is 5.32 Å². The third-order valence-electron chi connectivity index (χ3n) is 3.46. The minimum atomic E-state index is 0.00813. The monoisotopic (exact) mass is 316 g/mol. The summed E-state index contributed by atoms with van der Waals surface area (Å²) < 4.78 is 0. The molecule has 0 saturated carbocycles. The molecule has 0 fully saturated rings. The van der Waals surface area contributed by atoms with E-state index in [1.54, 1.807) is 12.1 Å². The summed E-state index contributed by atoms with van der Waals surface area (Å²) in [5.41, 5.74) is 2.00. The van der Waals surface area contributed by atoms with E-state index >= 15 is 0 Å². The average molecular weight is 317 g/mol. The number of amides is 1. The van der Waals surface area contributed by atoms with Gasteiger partial charge in [-0.3, -0.25) is 9.69 Å². The Hall–Kier alpha value is -1.84. The number of nitrogens with zero attached hydrogens (tertiary/aromatic N) is 1. The fourth-order valence-corrected chi connectivity index (χ4v) is 2.43. The zero-order valence-electron chi connectivity index (χ0n) is 12.8. The van der Waals surface area contributed by atoms with E-state index in [-0.39, 0.29) is 5.91 Å². The van der Waals surface area contributed by atoms with Crippen LogP contribution in [-0.4, -0.2) is 23.9 Å². The molecule has 0 aliphatic rings. The number of carbonyl (C=O) groups is 1. The van der Waals surface area contributed by atoms with Crippen molar-refractivity contribution in [2.45, 2.75) is 19.9 Å². The summed E-state index contributed by atoms with van der Waals surface area (Å²) >= 11 is 5.91. The van der Waals surface area contributed by atoms with Crippen LogP contribution in [0.15, 0.2) is 54.6 Å². The Balaban J connectivity index is 1.81. The smallest absolute Gasteiger partial charge is 0.225 e. The van der Waals surface area contributed by atoms with Crippen LogP contribution in [0.3, 0.4) is 0 Å². The van der Waals surface area contributed by atoms with Crippen molar-refractivity contribution < 1.29 is 4.79 Å². The van der Waals surface area contributed by atoms with Crippen molar-refractivity contribution in [1.82, 2.24) is 4.90 Å². The molecule has 0 unspecified atom stereocenters. The molecular formula is C18H21ClN2O. The molecule has 3 nitrogen and oxygen atoms in total. The number of benzene rings is 2. The maximum Gasteiger partial charge on any atom is 0.225 e. The van der Waals surface area contributed by atoms with Crippen molar-refractivity contribution in [2.24, 2.45) is 0 Å². The van der Waals surface area contributed by atoms with Gasteiger partial charge in [0, 0.05) is 30.2 Å². The summed E-state index contributed by atoms with van der Waals surface area (Å²) in [5.74, 6) is 0.00813. The van der Waals surface area contributed by atoms with Crippen LogP contribution in [0, 0.1) is 0 Å². The summed E-state index contributed by atoms with van der Waals surface area (Å²) in [4.78, 5) is 14.3. The Bertz CT molecular complexity index is 601. The average Bonchev–Trinajstić information content (AvgIpc) is 2.52. The first kappa shape index (κ1) is 16.5. The maximum atomic E-state index is 12.0. The SMILES string of the molecule is CCN(CCC(=O)Nc1cccc(Cl)c1)Cc1ccccc1. The number of hydrogen-bond acceptors (Lipinski definition) is 2. The molecule has 0 aliphatic heterocycles. The van der Waals surface area contributed by atoms with Crippen molar-refractivity contribution in [3.8, 4) is 0 Å². The Morgan fingerprint density at radius 1 is 1.14 bits per heavy atom. The van der Waals surface area contributed by atoms with E-state index in [1.807, 2.05) is 30.3 Å². The van der Waals surface area contributed by atoms with Gasteiger partial charge in [0.2, 0.25) is 5.91 Å². The summed E-state index contributed by atoms with van der Waals surface area (Å²) in [6.07, 6.45) is 0.465. The Labute approximate surface area is 136 Å². The van der Waals surface area contributed by atoms with Crippen LogP contribution in [0.1, 0.15) is 18.9 Å². The normalized spacial score (nSPS) is 10.7. The van der Waals surface area contributed by atoms with E-state index in [9.17, 15) is 4.79 Å². The topological polar surface area (TPSA) is 32.3 Å². The summed E-state index contributed by atoms with van der Waals surface area (Å²) in [6.45, 7) is 4.62. The highest BCUT2D eigenvalue weighted by atomic mass is 35.5. The zero-order valence-corrected chi connectivity index (χ0v) is 13.5. The highest BCUT2D eigenvalue weighted by molar-refractivity contribution is 6.30. The lowest BCUT2D eigenvalue weighted by atomic mass is 10.2. The van der Waals surface area contributed by atoms with Crippen LogP contribution in [0.25, 0.3) is 0 Å². The summed E-state index contributed by atoms with van der Waals surface area (Å²) in [5, 5.41) is 3.50. The Kier molecular flexibility index (Phi) is 6.44. The van der Waals surface area contributed by atoms with Gasteiger partial charge in [-0.15, -0.1) is 0 Å². The fraction of sp³-hybridized carbons (Fsp3) is 0.278. The third-order valence-corrected chi connectivity index (χ3v) is 3.69. The van der Waals surface area contributed by atoms with Gasteiger partial charge in [0.05, 0.1) is 0 Å². The minimum absolute atomic E-state index is 0.00813. The van der Waals surface area contributed by atoms with E-state index in [2.05, 4.69) is 29.3 Å². The molecule has 0 aromatic heterocycles. The number of anilines is 1. The molecule has 0 spiro atoms. The van der Waals surface area contributed by atoms with Crippen LogP contribution >= 0.6 is 11.6 Å². The van der Waals surface area contributed by atoms with Gasteiger partial charge in [-0.25, -0.2) is 0 Å². The van der Waals surface area contributed by atoms with Gasteiger partial charge in [0.25, 0.3) is 0 Å². The predicted molar refractivity (Wildman–Crippen MR) is 92.1 cm³/mol. The molecule has 0 heterocycles. The van der Waals surface area contributed by atoms with Crippen LogP contribution in [0.5, 0.6) is 0 Å². The molecule has 22 heavy (non-hydrogen) atoms. The zero-order chi connectivity index (χ0) is 15.8. The first-order valence-corrected chi connectivity index (χ1v) is 7.87. The van der Waals surface area contributed by atoms with Crippen molar-refractivity contribution in [3.05, 3.63) is 65.2 Å². The fourth-order valence-electron chi connectivity index (χ4n) is 2.24. The molecule has 2 aromatic rings. The van der Waals surface area contributed by atoms with Gasteiger partial charge in [-0.1, -0.05) is 54.9 Å². The van der Waals surface area contributed by atoms with Gasteiger partial charge in [-0.2, -0.15) is 0 Å². The molecule has 1 N–H and O–H groups in total. The predicted octanol–water partition coefficient (Wildman–Crippen LogP) is 4.19. The van der Waals surface area contributed by atoms with E-state index in [0.717, 1.165) is 25.3 Å². The van der Waals surface area contributed by atoms with E-state index in [4.69, 9.17) is 11.6 Å². The number of carbonyl (C=O) groups excluding carboxylic acids is 1. The molecule has 0 aliphatic carbocycles. The van der Waals surface area contributed by atoms with Crippen molar-refractivity contribution >= 4 is 23.2 Å². The lowest BCUT2D eigenvalue weighted by molar-refractivity contribution is -0.116. The van der Waals surface area contributed by atoms with Crippen LogP contribution in [0.2, 0.25) is 5.02 Å². The molecule has 4 heteroatoms. The minimum Gasteiger partial charge on any atom is -0.326 e. The molecule has 0 radical (unpaired) electrons. The second-order valence-electron chi connectivity index (χ2n) is 5.16. The lowest BCUT2D eigenvalue weighted by Crippen LogP contribution is -2.27. The van der Waals surface area contributed by atoms with Crippen molar-refractivity contribution in [2.75, 3.05) is 18.4 Å². The summed E-state index contributed by atoms with van der Waals surface area (Å²) in [7, 11) is 0. The standard InChI is InChI=1S/C18H21ClN2O/c1-2-21(14-15-7-4-3-5-8-15)12-11-18(22)20-17-10-6-9-16(19)13-17/h3-10,13H,2,11-12,14H2,1H3,(H,20,22). The van der Waals surface area contributed by atoms with Crippen molar-refractivity contribution in [3.63, 3.8) is 0 Å². The first-order chi connectivity index (χ1) is 10.7. The van der Waals surface area contributed by atoms with Gasteiger partial charge >= 0.3 is 0 Å². The second-order valence-corrected chi connectivity index (χ2v) is 5.60. The van der Waals surface area contributed by atoms with E-state index < -0.39 is 0 Å². The summed E-state index contributed by atoms with van der Waals surface area (Å²) in [6, 6.07) is 17.5. The number of rotatable bonds is 7.